The van der Waals surface area contributed by atoms with Crippen LogP contribution in [0.2, 0.25) is 0 Å². The molecule has 0 saturated carbocycles. The van der Waals surface area contributed by atoms with E-state index in [9.17, 15) is 4.79 Å². The van der Waals surface area contributed by atoms with Gasteiger partial charge in [0.1, 0.15) is 5.78 Å². The number of likely N-dealkylation sites (tertiary alicyclic amines) is 1. The lowest BCUT2D eigenvalue weighted by Gasteiger charge is -2.35. The Kier molecular flexibility index (Phi) is 5.64. The number of unbranched alkanes of at least 4 members (excludes halogenated alkanes) is 2. The number of hydrogen-bond acceptors (Lipinski definition) is 3. The summed E-state index contributed by atoms with van der Waals surface area (Å²) in [5.74, 6) is 0.513. The van der Waals surface area contributed by atoms with Gasteiger partial charge in [-0.05, 0) is 51.7 Å². The number of hydrogen-bond donors (Lipinski definition) is 1. The molecule has 1 N–H and O–H groups in total. The molecule has 2 heterocycles. The van der Waals surface area contributed by atoms with Crippen molar-refractivity contribution < 1.29 is 4.79 Å². The van der Waals surface area contributed by atoms with Crippen LogP contribution in [0.4, 0.5) is 0 Å². The zero-order chi connectivity index (χ0) is 12.8. The van der Waals surface area contributed by atoms with Crippen LogP contribution >= 0.6 is 0 Å². The van der Waals surface area contributed by atoms with E-state index in [0.29, 0.717) is 11.8 Å². The molecule has 0 amide bonds. The Bertz CT molecular complexity index is 261. The monoisotopic (exact) mass is 252 g/mol. The minimum Gasteiger partial charge on any atom is -0.317 e. The fraction of sp³-hybridized carbons (Fsp3) is 0.933. The number of rotatable bonds is 6. The molecule has 1 atom stereocenters. The average Bonchev–Trinajstić information content (AvgIpc) is 2.89. The fourth-order valence-corrected chi connectivity index (χ4v) is 3.43. The third kappa shape index (κ3) is 3.55. The molecule has 0 aromatic heterocycles. The summed E-state index contributed by atoms with van der Waals surface area (Å²) in [6, 6.07) is 0.916. The van der Waals surface area contributed by atoms with Crippen LogP contribution in [-0.2, 0) is 4.79 Å². The largest absolute Gasteiger partial charge is 0.317 e. The first-order valence-corrected chi connectivity index (χ1v) is 7.82. The first-order chi connectivity index (χ1) is 8.83. The highest BCUT2D eigenvalue weighted by Gasteiger charge is 2.34. The van der Waals surface area contributed by atoms with Crippen molar-refractivity contribution in [2.75, 3.05) is 19.6 Å². The van der Waals surface area contributed by atoms with Crippen LogP contribution < -0.4 is 5.32 Å². The third-order valence-corrected chi connectivity index (χ3v) is 4.47. The van der Waals surface area contributed by atoms with Crippen LogP contribution in [0.1, 0.15) is 58.3 Å². The Hall–Kier alpha value is -0.410. The predicted octanol–water partition coefficient (Wildman–Crippen LogP) is 2.35. The zero-order valence-electron chi connectivity index (χ0n) is 11.8. The minimum absolute atomic E-state index is 0.255. The average molecular weight is 252 g/mol. The standard InChI is InChI=1S/C15H28N2O/c1-2-3-4-7-15(18)14-6-5-12-17(14)13-8-10-16-11-9-13/h13-14,16H,2-12H2,1H3. The van der Waals surface area contributed by atoms with Gasteiger partial charge in [0.25, 0.3) is 0 Å². The van der Waals surface area contributed by atoms with Gasteiger partial charge in [-0.15, -0.1) is 0 Å². The molecule has 2 rings (SSSR count). The summed E-state index contributed by atoms with van der Waals surface area (Å²) in [5.41, 5.74) is 0. The maximum absolute atomic E-state index is 12.3. The van der Waals surface area contributed by atoms with Gasteiger partial charge in [0.2, 0.25) is 0 Å². The molecule has 18 heavy (non-hydrogen) atoms. The normalized spacial score (nSPS) is 26.6. The van der Waals surface area contributed by atoms with Crippen molar-refractivity contribution in [3.63, 3.8) is 0 Å². The van der Waals surface area contributed by atoms with Gasteiger partial charge in [-0.25, -0.2) is 0 Å². The van der Waals surface area contributed by atoms with E-state index in [2.05, 4.69) is 17.1 Å². The molecule has 3 heteroatoms. The summed E-state index contributed by atoms with van der Waals surface area (Å²) in [7, 11) is 0. The quantitative estimate of drug-likeness (QED) is 0.737. The number of ketones is 1. The van der Waals surface area contributed by atoms with E-state index in [1.54, 1.807) is 0 Å². The van der Waals surface area contributed by atoms with Gasteiger partial charge in [-0.1, -0.05) is 19.8 Å². The van der Waals surface area contributed by atoms with E-state index >= 15 is 0 Å². The van der Waals surface area contributed by atoms with Crippen LogP contribution in [0.25, 0.3) is 0 Å². The lowest BCUT2D eigenvalue weighted by Crippen LogP contribution is -2.47. The molecule has 2 aliphatic heterocycles. The number of Topliss-reactive ketones (excluding diaryl/α,β-unsaturated/α-hetero) is 1. The molecular weight excluding hydrogens is 224 g/mol. The molecule has 0 aliphatic carbocycles. The summed E-state index contributed by atoms with van der Waals surface area (Å²) >= 11 is 0. The predicted molar refractivity (Wildman–Crippen MR) is 74.8 cm³/mol. The summed E-state index contributed by atoms with van der Waals surface area (Å²) in [6.45, 7) is 5.59. The first kappa shape index (κ1) is 14.0. The molecule has 0 aromatic carbocycles. The van der Waals surface area contributed by atoms with Crippen molar-refractivity contribution in [2.45, 2.75) is 70.4 Å². The second kappa shape index (κ2) is 7.25. The van der Waals surface area contributed by atoms with E-state index in [-0.39, 0.29) is 6.04 Å². The number of carbonyl (C=O) groups excluding carboxylic acids is 1. The van der Waals surface area contributed by atoms with Crippen molar-refractivity contribution in [1.29, 1.82) is 0 Å². The van der Waals surface area contributed by atoms with E-state index in [4.69, 9.17) is 0 Å². The molecule has 0 bridgehead atoms. The Balaban J connectivity index is 1.84. The van der Waals surface area contributed by atoms with Gasteiger partial charge >= 0.3 is 0 Å². The van der Waals surface area contributed by atoms with Crippen molar-refractivity contribution in [3.8, 4) is 0 Å². The summed E-state index contributed by atoms with van der Waals surface area (Å²) in [5, 5.41) is 3.41. The van der Waals surface area contributed by atoms with Gasteiger partial charge in [0.05, 0.1) is 6.04 Å². The molecule has 104 valence electrons. The van der Waals surface area contributed by atoms with Crippen molar-refractivity contribution in [3.05, 3.63) is 0 Å². The molecular formula is C15H28N2O. The Labute approximate surface area is 111 Å². The molecule has 2 fully saturated rings. The Morgan fingerprint density at radius 1 is 1.22 bits per heavy atom. The summed E-state index contributed by atoms with van der Waals surface area (Å²) in [6.07, 6.45) is 9.06. The lowest BCUT2D eigenvalue weighted by atomic mass is 9.99. The summed E-state index contributed by atoms with van der Waals surface area (Å²) in [4.78, 5) is 14.8. The highest BCUT2D eigenvalue weighted by molar-refractivity contribution is 5.84. The summed E-state index contributed by atoms with van der Waals surface area (Å²) < 4.78 is 0. The van der Waals surface area contributed by atoms with Gasteiger partial charge in [-0.3, -0.25) is 9.69 Å². The van der Waals surface area contributed by atoms with E-state index in [0.717, 1.165) is 38.9 Å². The Morgan fingerprint density at radius 2 is 2.00 bits per heavy atom. The highest BCUT2D eigenvalue weighted by atomic mass is 16.1. The zero-order valence-corrected chi connectivity index (χ0v) is 11.8. The molecule has 0 radical (unpaired) electrons. The fourth-order valence-electron chi connectivity index (χ4n) is 3.43. The molecule has 1 unspecified atom stereocenters. The van der Waals surface area contributed by atoms with Crippen molar-refractivity contribution >= 4 is 5.78 Å². The molecule has 0 spiro atoms. The van der Waals surface area contributed by atoms with E-state index < -0.39 is 0 Å². The molecule has 2 aliphatic rings. The Morgan fingerprint density at radius 3 is 2.72 bits per heavy atom. The number of piperidine rings is 1. The topological polar surface area (TPSA) is 32.3 Å². The van der Waals surface area contributed by atoms with Crippen LogP contribution in [0.5, 0.6) is 0 Å². The second-order valence-corrected chi connectivity index (χ2v) is 5.80. The van der Waals surface area contributed by atoms with Crippen LogP contribution in [-0.4, -0.2) is 42.4 Å². The molecule has 2 saturated heterocycles. The van der Waals surface area contributed by atoms with Gasteiger partial charge in [0.15, 0.2) is 0 Å². The van der Waals surface area contributed by atoms with Gasteiger partial charge in [-0.2, -0.15) is 0 Å². The second-order valence-electron chi connectivity index (χ2n) is 5.80. The van der Waals surface area contributed by atoms with Gasteiger partial charge < -0.3 is 5.32 Å². The lowest BCUT2D eigenvalue weighted by molar-refractivity contribution is -0.124. The molecule has 0 aromatic rings. The number of nitrogens with one attached hydrogen (secondary N) is 1. The third-order valence-electron chi connectivity index (χ3n) is 4.47. The van der Waals surface area contributed by atoms with Crippen LogP contribution in [0.3, 0.4) is 0 Å². The van der Waals surface area contributed by atoms with Crippen molar-refractivity contribution in [1.82, 2.24) is 10.2 Å². The van der Waals surface area contributed by atoms with Crippen molar-refractivity contribution in [2.24, 2.45) is 0 Å². The minimum atomic E-state index is 0.255. The van der Waals surface area contributed by atoms with E-state index in [1.165, 1.54) is 32.1 Å². The van der Waals surface area contributed by atoms with E-state index in [1.807, 2.05) is 0 Å². The SMILES string of the molecule is CCCCCC(=O)C1CCCN1C1CCNCC1. The number of carbonyl (C=O) groups is 1. The first-order valence-electron chi connectivity index (χ1n) is 7.82. The maximum atomic E-state index is 12.3. The number of nitrogens with zero attached hydrogens (tertiary/aromatic N) is 1. The molecule has 3 nitrogen and oxygen atoms in total. The smallest absolute Gasteiger partial charge is 0.149 e. The highest BCUT2D eigenvalue weighted by Crippen LogP contribution is 2.26. The van der Waals surface area contributed by atoms with Crippen LogP contribution in [0, 0.1) is 0 Å². The van der Waals surface area contributed by atoms with Crippen LogP contribution in [0.15, 0.2) is 0 Å². The van der Waals surface area contributed by atoms with Gasteiger partial charge in [0, 0.05) is 12.5 Å². The maximum Gasteiger partial charge on any atom is 0.149 e.